The van der Waals surface area contributed by atoms with E-state index in [2.05, 4.69) is 20.5 Å². The second kappa shape index (κ2) is 7.89. The monoisotopic (exact) mass is 409 g/mol. The molecule has 0 saturated carbocycles. The van der Waals surface area contributed by atoms with Crippen molar-refractivity contribution in [3.8, 4) is 11.3 Å². The summed E-state index contributed by atoms with van der Waals surface area (Å²) in [4.78, 5) is 13.6. The van der Waals surface area contributed by atoms with E-state index in [0.717, 1.165) is 38.6 Å². The summed E-state index contributed by atoms with van der Waals surface area (Å²) < 4.78 is 0. The third kappa shape index (κ3) is 3.71. The number of hydrogen-bond acceptors (Lipinski definition) is 5. The Morgan fingerprint density at radius 2 is 1.70 bits per heavy atom. The number of hydrogen-bond donors (Lipinski definition) is 1. The lowest BCUT2D eigenvalue weighted by Gasteiger charge is -2.08. The number of nitrogens with one attached hydrogen (secondary N) is 1. The first-order valence-corrected chi connectivity index (χ1v) is 9.81. The van der Waals surface area contributed by atoms with Gasteiger partial charge in [0, 0.05) is 27.6 Å². The summed E-state index contributed by atoms with van der Waals surface area (Å²) in [5.41, 5.74) is 7.50. The Morgan fingerprint density at radius 1 is 0.833 bits per heavy atom. The second-order valence-corrected chi connectivity index (χ2v) is 7.18. The first-order valence-electron chi connectivity index (χ1n) is 9.43. The molecule has 2 heterocycles. The summed E-state index contributed by atoms with van der Waals surface area (Å²) >= 11 is 6.04. The number of para-hydroxylation sites is 1. The average molecular weight is 410 g/mol. The largest absolute Gasteiger partial charge is 0.256 e. The molecule has 0 saturated heterocycles. The van der Waals surface area contributed by atoms with Gasteiger partial charge in [-0.3, -0.25) is 4.98 Å². The topological polar surface area (TPSA) is 63.1 Å². The van der Waals surface area contributed by atoms with Gasteiger partial charge in [0.25, 0.3) is 0 Å². The molecule has 5 aromatic rings. The van der Waals surface area contributed by atoms with Crippen LogP contribution in [0.15, 0.2) is 90.2 Å². The molecule has 30 heavy (non-hydrogen) atoms. The molecule has 0 bridgehead atoms. The molecule has 0 aliphatic rings. The van der Waals surface area contributed by atoms with Gasteiger partial charge in [0.15, 0.2) is 0 Å². The maximum Gasteiger partial charge on any atom is 0.244 e. The Labute approximate surface area is 178 Å². The van der Waals surface area contributed by atoms with Gasteiger partial charge in [0.2, 0.25) is 5.95 Å². The fraction of sp³-hybridized carbons (Fsp3) is 0. The summed E-state index contributed by atoms with van der Waals surface area (Å²) in [6.07, 6.45) is 3.53. The molecular weight excluding hydrogens is 394 g/mol. The van der Waals surface area contributed by atoms with Gasteiger partial charge in [-0.2, -0.15) is 5.10 Å². The highest BCUT2D eigenvalue weighted by Gasteiger charge is 2.09. The number of pyridine rings is 1. The fourth-order valence-corrected chi connectivity index (χ4v) is 3.42. The van der Waals surface area contributed by atoms with Crippen molar-refractivity contribution in [3.63, 3.8) is 0 Å². The molecule has 0 amide bonds. The highest BCUT2D eigenvalue weighted by Crippen LogP contribution is 2.28. The minimum Gasteiger partial charge on any atom is -0.256 e. The van der Waals surface area contributed by atoms with E-state index >= 15 is 0 Å². The number of aromatic nitrogens is 3. The molecule has 5 nitrogen and oxygen atoms in total. The summed E-state index contributed by atoms with van der Waals surface area (Å²) in [5.74, 6) is 0.428. The molecule has 0 aliphatic heterocycles. The third-order valence-electron chi connectivity index (χ3n) is 4.73. The molecule has 6 heteroatoms. The van der Waals surface area contributed by atoms with E-state index < -0.39 is 0 Å². The van der Waals surface area contributed by atoms with Gasteiger partial charge in [-0.05, 0) is 42.0 Å². The maximum absolute atomic E-state index is 6.04. The van der Waals surface area contributed by atoms with Gasteiger partial charge in [-0.25, -0.2) is 15.4 Å². The van der Waals surface area contributed by atoms with Crippen LogP contribution in [0, 0.1) is 0 Å². The van der Waals surface area contributed by atoms with Crippen molar-refractivity contribution >= 4 is 45.6 Å². The lowest BCUT2D eigenvalue weighted by Crippen LogP contribution is -1.99. The number of benzene rings is 3. The zero-order valence-electron chi connectivity index (χ0n) is 15.8. The summed E-state index contributed by atoms with van der Waals surface area (Å²) in [6.45, 7) is 0. The number of nitrogens with zero attached hydrogens (tertiary/aromatic N) is 4. The quantitative estimate of drug-likeness (QED) is 0.294. The maximum atomic E-state index is 6.04. The lowest BCUT2D eigenvalue weighted by atomic mass is 10.1. The van der Waals surface area contributed by atoms with Crippen LogP contribution in [0.5, 0.6) is 0 Å². The van der Waals surface area contributed by atoms with E-state index in [-0.39, 0.29) is 0 Å². The molecule has 0 radical (unpaired) electrons. The van der Waals surface area contributed by atoms with E-state index in [1.54, 1.807) is 12.4 Å². The zero-order valence-corrected chi connectivity index (χ0v) is 16.6. The highest BCUT2D eigenvalue weighted by molar-refractivity contribution is 6.30. The van der Waals surface area contributed by atoms with Crippen LogP contribution in [0.4, 0.5) is 5.95 Å². The second-order valence-electron chi connectivity index (χ2n) is 6.75. The summed E-state index contributed by atoms with van der Waals surface area (Å²) in [5, 5.41) is 7.05. The normalized spacial score (nSPS) is 11.4. The minimum absolute atomic E-state index is 0.428. The van der Waals surface area contributed by atoms with Crippen LogP contribution in [-0.2, 0) is 0 Å². The van der Waals surface area contributed by atoms with Crippen molar-refractivity contribution in [1.82, 2.24) is 15.0 Å². The Kier molecular flexibility index (Phi) is 4.79. The van der Waals surface area contributed by atoms with Crippen LogP contribution in [0.25, 0.3) is 33.1 Å². The van der Waals surface area contributed by atoms with E-state index in [9.17, 15) is 0 Å². The number of fused-ring (bicyclic) bond motifs is 2. The predicted octanol–water partition coefficient (Wildman–Crippen LogP) is 5.94. The fourth-order valence-electron chi connectivity index (χ4n) is 3.29. The van der Waals surface area contributed by atoms with E-state index in [1.807, 2.05) is 78.9 Å². The van der Waals surface area contributed by atoms with Crippen molar-refractivity contribution in [2.45, 2.75) is 0 Å². The van der Waals surface area contributed by atoms with Crippen molar-refractivity contribution in [2.24, 2.45) is 5.10 Å². The first kappa shape index (κ1) is 18.2. The summed E-state index contributed by atoms with van der Waals surface area (Å²) in [7, 11) is 0. The molecule has 2 aromatic heterocycles. The molecule has 144 valence electrons. The van der Waals surface area contributed by atoms with Crippen molar-refractivity contribution in [3.05, 3.63) is 95.6 Å². The Balaban J connectivity index is 1.48. The molecule has 1 N–H and O–H groups in total. The molecule has 0 fully saturated rings. The van der Waals surface area contributed by atoms with Gasteiger partial charge >= 0.3 is 0 Å². The zero-order chi connectivity index (χ0) is 20.3. The van der Waals surface area contributed by atoms with Gasteiger partial charge in [-0.1, -0.05) is 54.1 Å². The van der Waals surface area contributed by atoms with Crippen LogP contribution in [0.3, 0.4) is 0 Å². The molecular formula is C24H16ClN5. The summed E-state index contributed by atoms with van der Waals surface area (Å²) in [6, 6.07) is 25.4. The van der Waals surface area contributed by atoms with Crippen LogP contribution >= 0.6 is 11.6 Å². The number of halogens is 1. The minimum atomic E-state index is 0.428. The van der Waals surface area contributed by atoms with Crippen molar-refractivity contribution < 1.29 is 0 Å². The number of anilines is 1. The smallest absolute Gasteiger partial charge is 0.244 e. The lowest BCUT2D eigenvalue weighted by molar-refractivity contribution is 1.16. The predicted molar refractivity (Wildman–Crippen MR) is 123 cm³/mol. The first-order chi connectivity index (χ1) is 14.8. The molecule has 0 aliphatic carbocycles. The SMILES string of the molecule is Clc1ccc(-c2nc(N/N=C/c3ccc4ncccc4c3)nc3ccccc23)cc1. The van der Waals surface area contributed by atoms with Crippen LogP contribution in [0.1, 0.15) is 5.56 Å². The van der Waals surface area contributed by atoms with Crippen molar-refractivity contribution in [1.29, 1.82) is 0 Å². The van der Waals surface area contributed by atoms with Gasteiger partial charge < -0.3 is 0 Å². The molecule has 0 spiro atoms. The van der Waals surface area contributed by atoms with Gasteiger partial charge in [-0.15, -0.1) is 0 Å². The third-order valence-corrected chi connectivity index (χ3v) is 4.98. The van der Waals surface area contributed by atoms with E-state index in [1.165, 1.54) is 0 Å². The number of rotatable bonds is 4. The van der Waals surface area contributed by atoms with E-state index in [0.29, 0.717) is 11.0 Å². The average Bonchev–Trinajstić information content (AvgIpc) is 2.79. The Hall–Kier alpha value is -3.83. The van der Waals surface area contributed by atoms with Crippen LogP contribution in [0.2, 0.25) is 5.02 Å². The Bertz CT molecular complexity index is 1380. The number of hydrazone groups is 1. The molecule has 5 rings (SSSR count). The van der Waals surface area contributed by atoms with E-state index in [4.69, 9.17) is 16.6 Å². The van der Waals surface area contributed by atoms with Crippen LogP contribution in [-0.4, -0.2) is 21.2 Å². The molecule has 0 unspecified atom stereocenters. The molecule has 0 atom stereocenters. The Morgan fingerprint density at radius 3 is 2.60 bits per heavy atom. The standard InChI is InChI=1S/C24H16ClN5/c25-19-10-8-17(9-11-19)23-20-5-1-2-6-22(20)28-24(29-23)30-27-15-16-7-12-21-18(14-16)4-3-13-26-21/h1-15H,(H,28,29,30)/b27-15+. The molecule has 3 aromatic carbocycles. The van der Waals surface area contributed by atoms with Gasteiger partial charge in [0.05, 0.1) is 22.9 Å². The van der Waals surface area contributed by atoms with Crippen molar-refractivity contribution in [2.75, 3.05) is 5.43 Å². The van der Waals surface area contributed by atoms with Gasteiger partial charge in [0.1, 0.15) is 0 Å². The van der Waals surface area contributed by atoms with Crippen LogP contribution < -0.4 is 5.43 Å². The highest BCUT2D eigenvalue weighted by atomic mass is 35.5.